The number of hydrogen-bond donors (Lipinski definition) is 4. The van der Waals surface area contributed by atoms with Crippen molar-refractivity contribution in [2.24, 2.45) is 0 Å². The first kappa shape index (κ1) is 28.2. The van der Waals surface area contributed by atoms with E-state index < -0.39 is 82.2 Å². The third-order valence-electron chi connectivity index (χ3n) is 8.52. The van der Waals surface area contributed by atoms with E-state index in [0.29, 0.717) is 0 Å². The van der Waals surface area contributed by atoms with Crippen LogP contribution in [0.4, 0.5) is 0 Å². The highest BCUT2D eigenvalue weighted by atomic mass is 16.7. The minimum atomic E-state index is -2.01. The molecule has 0 spiro atoms. The van der Waals surface area contributed by atoms with Crippen LogP contribution in [0.1, 0.15) is 82.7 Å². The number of phenols is 2. The quantitative estimate of drug-likeness (QED) is 0.340. The molecule has 1 heterocycles. The van der Waals surface area contributed by atoms with Crippen LogP contribution in [0.25, 0.3) is 0 Å². The summed E-state index contributed by atoms with van der Waals surface area (Å²) in [6.45, 7) is 4.50. The van der Waals surface area contributed by atoms with E-state index in [4.69, 9.17) is 18.9 Å². The lowest BCUT2D eigenvalue weighted by molar-refractivity contribution is -0.292. The number of Topliss-reactive ketones (excluding diaryl/α,β-unsaturated/α-hetero) is 1. The second-order valence-electron chi connectivity index (χ2n) is 10.9. The molecule has 2 aromatic carbocycles. The zero-order chi connectivity index (χ0) is 29.3. The number of benzene rings is 2. The van der Waals surface area contributed by atoms with E-state index in [0.717, 1.165) is 0 Å². The maximum Gasteiger partial charge on any atom is 0.202 e. The van der Waals surface area contributed by atoms with Gasteiger partial charge >= 0.3 is 0 Å². The zero-order valence-electron chi connectivity index (χ0n) is 22.8. The number of fused-ring (bicyclic) bond motifs is 3. The third-order valence-corrected chi connectivity index (χ3v) is 8.52. The Morgan fingerprint density at radius 1 is 1.05 bits per heavy atom. The van der Waals surface area contributed by atoms with Gasteiger partial charge in [-0.3, -0.25) is 14.4 Å². The molecule has 4 N–H and O–H groups in total. The number of aromatic hydroxyl groups is 2. The van der Waals surface area contributed by atoms with Crippen LogP contribution in [0.3, 0.4) is 0 Å². The molecule has 0 saturated carbocycles. The molecule has 5 rings (SSSR count). The Balaban J connectivity index is 1.68. The number of ether oxygens (including phenoxy) is 4. The molecule has 11 heteroatoms. The number of aliphatic hydroxyl groups is 2. The van der Waals surface area contributed by atoms with E-state index in [-0.39, 0.29) is 40.8 Å². The highest BCUT2D eigenvalue weighted by Gasteiger charge is 2.51. The van der Waals surface area contributed by atoms with Gasteiger partial charge in [-0.15, -0.1) is 0 Å². The van der Waals surface area contributed by atoms with Crippen LogP contribution in [0, 0.1) is 0 Å². The molecular formula is C29H32O11. The summed E-state index contributed by atoms with van der Waals surface area (Å²) >= 11 is 0. The number of carbonyl (C=O) groups excluding carboxylic acids is 3. The van der Waals surface area contributed by atoms with E-state index >= 15 is 0 Å². The van der Waals surface area contributed by atoms with Gasteiger partial charge in [-0.25, -0.2) is 0 Å². The predicted octanol–water partition coefficient (Wildman–Crippen LogP) is 2.11. The molecule has 2 aliphatic carbocycles. The van der Waals surface area contributed by atoms with Crippen molar-refractivity contribution in [3.8, 4) is 17.2 Å². The van der Waals surface area contributed by atoms with Gasteiger partial charge in [-0.2, -0.15) is 0 Å². The Bertz CT molecular complexity index is 1430. The maximum absolute atomic E-state index is 13.7. The molecule has 6 atom stereocenters. The lowest BCUT2D eigenvalue weighted by Crippen LogP contribution is -2.56. The maximum atomic E-state index is 13.7. The molecule has 0 amide bonds. The Morgan fingerprint density at radius 3 is 2.35 bits per heavy atom. The second kappa shape index (κ2) is 9.64. The van der Waals surface area contributed by atoms with Crippen LogP contribution in [0.5, 0.6) is 17.2 Å². The fraction of sp³-hybridized carbons (Fsp3) is 0.483. The monoisotopic (exact) mass is 556 g/mol. The molecule has 1 aliphatic heterocycles. The Kier molecular flexibility index (Phi) is 6.79. The molecule has 1 saturated heterocycles. The topological polar surface area (TPSA) is 169 Å². The van der Waals surface area contributed by atoms with Gasteiger partial charge in [0.05, 0.1) is 41.6 Å². The lowest BCUT2D eigenvalue weighted by Gasteiger charge is -2.46. The van der Waals surface area contributed by atoms with E-state index in [1.807, 2.05) is 0 Å². The predicted molar refractivity (Wildman–Crippen MR) is 138 cm³/mol. The van der Waals surface area contributed by atoms with Crippen molar-refractivity contribution < 1.29 is 53.8 Å². The summed E-state index contributed by atoms with van der Waals surface area (Å²) in [6, 6.07) is 4.45. The summed E-state index contributed by atoms with van der Waals surface area (Å²) in [5.41, 5.74) is -4.11. The fourth-order valence-electron chi connectivity index (χ4n) is 6.08. The van der Waals surface area contributed by atoms with Crippen molar-refractivity contribution in [1.29, 1.82) is 0 Å². The van der Waals surface area contributed by atoms with E-state index in [1.54, 1.807) is 13.8 Å². The van der Waals surface area contributed by atoms with Crippen LogP contribution in [0.15, 0.2) is 18.2 Å². The number of ketones is 3. The normalized spacial score (nSPS) is 31.3. The molecule has 0 unspecified atom stereocenters. The third kappa shape index (κ3) is 4.03. The SMILES string of the molecule is COc1cccc2c1C(=O)c1c(O)c3c(c(O)c1C2=O)C[C@@](O)(C(C)=O)C[C@@H]3O[C@H]1C[C@@](C)(OC)[C@@H](O)[C@H](C)O1. The standard InChI is InChI=1S/C29H32O11/c1-12-27(35)28(3,38-5)11-18(39-12)40-17-10-29(36,13(2)30)9-15-20(17)26(34)22-21(24(15)32)23(31)14-7-6-8-16(37-4)19(14)25(22)33/h6-8,12,17-18,27,32,34-36H,9-11H2,1-5H3/t12-,17-,18-,27-,28+,29-/m0/s1. The summed E-state index contributed by atoms with van der Waals surface area (Å²) in [7, 11) is 2.78. The van der Waals surface area contributed by atoms with Crippen molar-refractivity contribution in [1.82, 2.24) is 0 Å². The molecular weight excluding hydrogens is 524 g/mol. The Labute approximate surface area is 230 Å². The van der Waals surface area contributed by atoms with E-state index in [2.05, 4.69) is 0 Å². The highest BCUT2D eigenvalue weighted by molar-refractivity contribution is 6.31. The molecule has 2 aromatic rings. The molecule has 0 aromatic heterocycles. The number of methoxy groups -OCH3 is 2. The highest BCUT2D eigenvalue weighted by Crippen LogP contribution is 2.52. The largest absolute Gasteiger partial charge is 0.507 e. The van der Waals surface area contributed by atoms with Crippen molar-refractivity contribution >= 4 is 17.3 Å². The number of aliphatic hydroxyl groups excluding tert-OH is 1. The first-order valence-corrected chi connectivity index (χ1v) is 12.9. The van der Waals surface area contributed by atoms with Crippen LogP contribution in [-0.2, 0) is 25.4 Å². The van der Waals surface area contributed by atoms with E-state index in [1.165, 1.54) is 39.3 Å². The molecule has 214 valence electrons. The summed E-state index contributed by atoms with van der Waals surface area (Å²) in [6.07, 6.45) is -4.66. The average molecular weight is 557 g/mol. The minimum absolute atomic E-state index is 0.0149. The van der Waals surface area contributed by atoms with Gasteiger partial charge in [-0.05, 0) is 26.8 Å². The van der Waals surface area contributed by atoms with E-state index in [9.17, 15) is 34.8 Å². The Morgan fingerprint density at radius 2 is 1.73 bits per heavy atom. The van der Waals surface area contributed by atoms with Crippen LogP contribution in [-0.4, -0.2) is 81.7 Å². The van der Waals surface area contributed by atoms with Gasteiger partial charge in [0.1, 0.15) is 29.0 Å². The fourth-order valence-corrected chi connectivity index (χ4v) is 6.08. The smallest absolute Gasteiger partial charge is 0.202 e. The molecule has 40 heavy (non-hydrogen) atoms. The first-order valence-electron chi connectivity index (χ1n) is 12.9. The summed E-state index contributed by atoms with van der Waals surface area (Å²) in [4.78, 5) is 39.8. The summed E-state index contributed by atoms with van der Waals surface area (Å²) in [5, 5.41) is 44.8. The van der Waals surface area contributed by atoms with Crippen molar-refractivity contribution in [3.05, 3.63) is 51.6 Å². The first-order chi connectivity index (χ1) is 18.8. The van der Waals surface area contributed by atoms with Crippen LogP contribution < -0.4 is 4.74 Å². The minimum Gasteiger partial charge on any atom is -0.507 e. The average Bonchev–Trinajstić information content (AvgIpc) is 2.91. The molecule has 3 aliphatic rings. The van der Waals surface area contributed by atoms with Gasteiger partial charge in [-0.1, -0.05) is 12.1 Å². The van der Waals surface area contributed by atoms with Gasteiger partial charge in [0.25, 0.3) is 0 Å². The van der Waals surface area contributed by atoms with Gasteiger partial charge in [0, 0.05) is 43.1 Å². The number of rotatable bonds is 5. The zero-order valence-corrected chi connectivity index (χ0v) is 22.8. The molecule has 0 radical (unpaired) electrons. The molecule has 1 fully saturated rings. The second-order valence-corrected chi connectivity index (χ2v) is 10.9. The number of phenolic OH excluding ortho intramolecular Hbond substituents is 2. The van der Waals surface area contributed by atoms with Gasteiger partial charge in [0.2, 0.25) is 5.78 Å². The number of carbonyl (C=O) groups is 3. The molecule has 11 nitrogen and oxygen atoms in total. The van der Waals surface area contributed by atoms with Crippen molar-refractivity contribution in [2.75, 3.05) is 14.2 Å². The van der Waals surface area contributed by atoms with Gasteiger partial charge in [0.15, 0.2) is 17.9 Å². The van der Waals surface area contributed by atoms with Crippen molar-refractivity contribution in [2.45, 2.75) is 75.8 Å². The molecule has 0 bridgehead atoms. The van der Waals surface area contributed by atoms with Crippen LogP contribution >= 0.6 is 0 Å². The summed E-state index contributed by atoms with van der Waals surface area (Å²) < 4.78 is 22.9. The van der Waals surface area contributed by atoms with Gasteiger partial charge < -0.3 is 39.4 Å². The Hall–Kier alpha value is -3.35. The van der Waals surface area contributed by atoms with Crippen LogP contribution in [0.2, 0.25) is 0 Å². The lowest BCUT2D eigenvalue weighted by atomic mass is 9.72. The number of hydrogen-bond acceptors (Lipinski definition) is 11. The van der Waals surface area contributed by atoms with Crippen molar-refractivity contribution in [3.63, 3.8) is 0 Å². The summed E-state index contributed by atoms with van der Waals surface area (Å²) in [5.74, 6) is -3.18.